The van der Waals surface area contributed by atoms with Crippen molar-refractivity contribution in [3.05, 3.63) is 64.5 Å². The van der Waals surface area contributed by atoms with Crippen molar-refractivity contribution in [1.29, 1.82) is 0 Å². The highest BCUT2D eigenvalue weighted by atomic mass is 16.6. The third-order valence-electron chi connectivity index (χ3n) is 5.46. The summed E-state index contributed by atoms with van der Waals surface area (Å²) in [5, 5.41) is 3.22. The lowest BCUT2D eigenvalue weighted by Crippen LogP contribution is -2.39. The highest BCUT2D eigenvalue weighted by Crippen LogP contribution is 2.31. The van der Waals surface area contributed by atoms with Gasteiger partial charge in [0.15, 0.2) is 11.5 Å². The van der Waals surface area contributed by atoms with Crippen LogP contribution in [0.1, 0.15) is 23.2 Å². The molecule has 9 nitrogen and oxygen atoms in total. The predicted octanol–water partition coefficient (Wildman–Crippen LogP) is 2.45. The Kier molecular flexibility index (Phi) is 5.70. The number of amides is 1. The van der Waals surface area contributed by atoms with Crippen LogP contribution in [0.2, 0.25) is 0 Å². The summed E-state index contributed by atoms with van der Waals surface area (Å²) < 4.78 is 27.4. The Hall–Kier alpha value is -3.85. The van der Waals surface area contributed by atoms with Crippen LogP contribution < -0.4 is 25.2 Å². The van der Waals surface area contributed by atoms with Gasteiger partial charge in [-0.1, -0.05) is 12.1 Å². The number of fused-ring (bicyclic) bond motifs is 2. The van der Waals surface area contributed by atoms with E-state index in [1.165, 1.54) is 12.1 Å². The molecule has 170 valence electrons. The summed E-state index contributed by atoms with van der Waals surface area (Å²) in [5.41, 5.74) is -0.694. The standard InChI is InChI=1S/C24H21NO8/c26-22(25-12-16-4-3-9-29-16)17-10-14-7-8-15(11-20(14)33-23(17)27)31-24(28)21-13-30-18-5-1-2-6-19(18)32-21/h1-2,5-8,10-11,16,21H,3-4,9,12-13H2,(H,25,26). The fourth-order valence-corrected chi connectivity index (χ4v) is 3.74. The van der Waals surface area contributed by atoms with E-state index in [4.69, 9.17) is 23.4 Å². The van der Waals surface area contributed by atoms with Crippen molar-refractivity contribution in [2.45, 2.75) is 25.0 Å². The molecule has 3 aromatic rings. The zero-order valence-electron chi connectivity index (χ0n) is 17.6. The largest absolute Gasteiger partial charge is 0.485 e. The third-order valence-corrected chi connectivity index (χ3v) is 5.46. The van der Waals surface area contributed by atoms with Crippen LogP contribution >= 0.6 is 0 Å². The Morgan fingerprint density at radius 2 is 1.94 bits per heavy atom. The van der Waals surface area contributed by atoms with Gasteiger partial charge in [0.05, 0.1) is 6.10 Å². The quantitative estimate of drug-likeness (QED) is 0.358. The number of para-hydroxylation sites is 2. The van der Waals surface area contributed by atoms with E-state index in [-0.39, 0.29) is 29.6 Å². The number of carbonyl (C=O) groups excluding carboxylic acids is 2. The lowest BCUT2D eigenvalue weighted by molar-refractivity contribution is -0.144. The van der Waals surface area contributed by atoms with Crippen molar-refractivity contribution in [2.75, 3.05) is 19.8 Å². The summed E-state index contributed by atoms with van der Waals surface area (Å²) >= 11 is 0. The molecule has 1 saturated heterocycles. The highest BCUT2D eigenvalue weighted by Gasteiger charge is 2.29. The first-order chi connectivity index (χ1) is 16.1. The lowest BCUT2D eigenvalue weighted by atomic mass is 10.1. The van der Waals surface area contributed by atoms with E-state index in [1.807, 2.05) is 6.07 Å². The van der Waals surface area contributed by atoms with Crippen molar-refractivity contribution < 1.29 is 33.0 Å². The number of benzene rings is 2. The van der Waals surface area contributed by atoms with Crippen molar-refractivity contribution in [2.24, 2.45) is 0 Å². The fourth-order valence-electron chi connectivity index (χ4n) is 3.74. The summed E-state index contributed by atoms with van der Waals surface area (Å²) in [6.07, 6.45) is 0.862. The summed E-state index contributed by atoms with van der Waals surface area (Å²) in [7, 11) is 0. The average molecular weight is 451 g/mol. The van der Waals surface area contributed by atoms with Crippen LogP contribution in [0.4, 0.5) is 0 Å². The molecule has 0 bridgehead atoms. The van der Waals surface area contributed by atoms with Crippen LogP contribution in [0, 0.1) is 0 Å². The fraction of sp³-hybridized carbons (Fsp3) is 0.292. The smallest absolute Gasteiger partial charge is 0.356 e. The van der Waals surface area contributed by atoms with Crippen molar-refractivity contribution in [3.8, 4) is 17.2 Å². The Morgan fingerprint density at radius 3 is 2.76 bits per heavy atom. The molecule has 1 fully saturated rings. The Bertz CT molecular complexity index is 1260. The molecule has 3 heterocycles. The molecule has 0 radical (unpaired) electrons. The monoisotopic (exact) mass is 451 g/mol. The number of hydrogen-bond acceptors (Lipinski definition) is 8. The SMILES string of the molecule is O=C(NCC1CCCO1)c1cc2ccc(OC(=O)C3COc4ccccc4O3)cc2oc1=O. The number of rotatable bonds is 5. The molecule has 2 atom stereocenters. The van der Waals surface area contributed by atoms with Gasteiger partial charge in [-0.25, -0.2) is 9.59 Å². The van der Waals surface area contributed by atoms with Gasteiger partial charge in [-0.15, -0.1) is 0 Å². The molecule has 2 aliphatic rings. The second kappa shape index (κ2) is 8.95. The number of carbonyl (C=O) groups is 2. The molecular formula is C24H21NO8. The van der Waals surface area contributed by atoms with Crippen LogP contribution in [0.15, 0.2) is 57.7 Å². The number of esters is 1. The molecule has 1 N–H and O–H groups in total. The van der Waals surface area contributed by atoms with E-state index in [0.29, 0.717) is 30.0 Å². The van der Waals surface area contributed by atoms with Crippen LogP contribution in [0.3, 0.4) is 0 Å². The summed E-state index contributed by atoms with van der Waals surface area (Å²) in [6, 6.07) is 13.1. The zero-order chi connectivity index (χ0) is 22.8. The Balaban J connectivity index is 1.27. The second-order valence-corrected chi connectivity index (χ2v) is 7.78. The molecule has 1 aromatic heterocycles. The topological polar surface area (TPSA) is 113 Å². The van der Waals surface area contributed by atoms with E-state index < -0.39 is 23.6 Å². The van der Waals surface area contributed by atoms with Gasteiger partial charge in [0.25, 0.3) is 5.91 Å². The molecule has 1 amide bonds. The Labute approximate surface area is 188 Å². The van der Waals surface area contributed by atoms with Crippen LogP contribution in [0.25, 0.3) is 11.0 Å². The van der Waals surface area contributed by atoms with Gasteiger partial charge >= 0.3 is 11.6 Å². The van der Waals surface area contributed by atoms with Gasteiger partial charge in [0.2, 0.25) is 6.10 Å². The average Bonchev–Trinajstić information content (AvgIpc) is 3.35. The first kappa shape index (κ1) is 21.0. The second-order valence-electron chi connectivity index (χ2n) is 7.78. The maximum Gasteiger partial charge on any atom is 0.356 e. The van der Waals surface area contributed by atoms with Crippen molar-refractivity contribution in [1.82, 2.24) is 5.32 Å². The summed E-state index contributed by atoms with van der Waals surface area (Å²) in [5.74, 6) is 0.0292. The summed E-state index contributed by atoms with van der Waals surface area (Å²) in [6.45, 7) is 1.03. The first-order valence-corrected chi connectivity index (χ1v) is 10.6. The highest BCUT2D eigenvalue weighted by molar-refractivity contribution is 5.96. The van der Waals surface area contributed by atoms with Gasteiger partial charge in [-0.2, -0.15) is 0 Å². The lowest BCUT2D eigenvalue weighted by Gasteiger charge is -2.24. The maximum absolute atomic E-state index is 12.5. The van der Waals surface area contributed by atoms with Gasteiger partial charge in [0, 0.05) is 24.6 Å². The van der Waals surface area contributed by atoms with Gasteiger partial charge in [-0.3, -0.25) is 4.79 Å². The van der Waals surface area contributed by atoms with Crippen LogP contribution in [0.5, 0.6) is 17.2 Å². The van der Waals surface area contributed by atoms with E-state index in [0.717, 1.165) is 12.8 Å². The Morgan fingerprint density at radius 1 is 1.09 bits per heavy atom. The molecule has 2 unspecified atom stereocenters. The normalized spacial score (nSPS) is 19.3. The molecule has 0 saturated carbocycles. The van der Waals surface area contributed by atoms with Gasteiger partial charge in [-0.05, 0) is 43.2 Å². The minimum absolute atomic E-state index is 0.0167. The third kappa shape index (κ3) is 4.54. The van der Waals surface area contributed by atoms with Crippen molar-refractivity contribution in [3.63, 3.8) is 0 Å². The van der Waals surface area contributed by atoms with E-state index in [2.05, 4.69) is 5.32 Å². The van der Waals surface area contributed by atoms with E-state index in [9.17, 15) is 14.4 Å². The molecule has 2 aliphatic heterocycles. The number of hydrogen-bond donors (Lipinski definition) is 1. The molecular weight excluding hydrogens is 430 g/mol. The number of ether oxygens (including phenoxy) is 4. The predicted molar refractivity (Wildman–Crippen MR) is 116 cm³/mol. The molecule has 2 aromatic carbocycles. The summed E-state index contributed by atoms with van der Waals surface area (Å²) in [4.78, 5) is 37.3. The molecule has 5 rings (SSSR count). The first-order valence-electron chi connectivity index (χ1n) is 10.6. The molecule has 0 aliphatic carbocycles. The molecule has 33 heavy (non-hydrogen) atoms. The van der Waals surface area contributed by atoms with Crippen molar-refractivity contribution >= 4 is 22.8 Å². The zero-order valence-corrected chi connectivity index (χ0v) is 17.6. The minimum Gasteiger partial charge on any atom is -0.485 e. The maximum atomic E-state index is 12.5. The molecule has 0 spiro atoms. The molecule has 9 heteroatoms. The van der Waals surface area contributed by atoms with Gasteiger partial charge < -0.3 is 28.7 Å². The minimum atomic E-state index is -0.933. The van der Waals surface area contributed by atoms with E-state index >= 15 is 0 Å². The van der Waals surface area contributed by atoms with Crippen LogP contribution in [-0.2, 0) is 9.53 Å². The van der Waals surface area contributed by atoms with E-state index in [1.54, 1.807) is 30.3 Å². The van der Waals surface area contributed by atoms with Gasteiger partial charge in [0.1, 0.15) is 23.5 Å². The van der Waals surface area contributed by atoms with Crippen LogP contribution in [-0.4, -0.2) is 43.8 Å². The number of nitrogens with one attached hydrogen (secondary N) is 1.